The van der Waals surface area contributed by atoms with Crippen molar-refractivity contribution in [3.63, 3.8) is 0 Å². The second-order valence-electron chi connectivity index (χ2n) is 1.65. The molecule has 74 valence electrons. The summed E-state index contributed by atoms with van der Waals surface area (Å²) in [4.78, 5) is 0. The van der Waals surface area contributed by atoms with Crippen molar-refractivity contribution < 1.29 is 26.3 Å². The minimum atomic E-state index is -5.14. The molecule has 0 unspecified atom stereocenters. The van der Waals surface area contributed by atoms with Crippen molar-refractivity contribution in [1.82, 2.24) is 0 Å². The molecule has 8 heteroatoms. The van der Waals surface area contributed by atoms with Crippen molar-refractivity contribution in [3.8, 4) is 0 Å². The lowest BCUT2D eigenvalue weighted by Gasteiger charge is -2.21. The highest BCUT2D eigenvalue weighted by Gasteiger charge is 2.56. The van der Waals surface area contributed by atoms with Crippen molar-refractivity contribution in [1.29, 1.82) is 0 Å². The maximum Gasteiger partial charge on any atom is 0.423 e. The Hall–Kier alpha value is 0.360. The van der Waals surface area contributed by atoms with Crippen LogP contribution in [0.3, 0.4) is 0 Å². The zero-order chi connectivity index (χ0) is 9.99. The summed E-state index contributed by atoms with van der Waals surface area (Å²) in [5.74, 6) is -10.5. The molecule has 0 aromatic heterocycles. The van der Waals surface area contributed by atoms with Gasteiger partial charge in [-0.15, -0.1) is 11.4 Å². The summed E-state index contributed by atoms with van der Waals surface area (Å²) in [5, 5.41) is 0. The molecule has 0 aromatic carbocycles. The lowest BCUT2D eigenvalue weighted by Crippen LogP contribution is -2.15. The molecule has 0 rings (SSSR count). The molecule has 0 saturated carbocycles. The maximum atomic E-state index is 11.7. The highest BCUT2D eigenvalue weighted by molar-refractivity contribution is 8.56. The van der Waals surface area contributed by atoms with E-state index in [4.69, 9.17) is 0 Å². The smallest absolute Gasteiger partial charge is 0.166 e. The summed E-state index contributed by atoms with van der Waals surface area (Å²) in [6, 6.07) is 0. The first-order valence-electron chi connectivity index (χ1n) is 2.76. The van der Waals surface area contributed by atoms with Crippen LogP contribution >= 0.6 is 18.5 Å². The van der Waals surface area contributed by atoms with Crippen LogP contribution in [0, 0.1) is 0 Å². The molecule has 0 saturated heterocycles. The van der Waals surface area contributed by atoms with E-state index in [2.05, 4.69) is 0 Å². The minimum absolute atomic E-state index is 0.0949. The van der Waals surface area contributed by atoms with Gasteiger partial charge in [0.15, 0.2) is 7.12 Å². The van der Waals surface area contributed by atoms with Crippen LogP contribution in [0.2, 0.25) is 0 Å². The predicted molar refractivity (Wildman–Crippen MR) is 37.2 cm³/mol. The molecule has 0 radical (unpaired) electrons. The number of rotatable bonds is 2. The van der Waals surface area contributed by atoms with Gasteiger partial charge in [0.1, 0.15) is 0 Å². The monoisotopic (exact) mass is 230 g/mol. The van der Waals surface area contributed by atoms with Gasteiger partial charge in [-0.05, 0) is 5.75 Å². The fraction of sp³-hybridized carbons (Fsp3) is 1.00. The third-order valence-electron chi connectivity index (χ3n) is 0.719. The van der Waals surface area contributed by atoms with E-state index in [0.717, 1.165) is 0 Å². The van der Waals surface area contributed by atoms with Gasteiger partial charge in [0, 0.05) is 0 Å². The average molecular weight is 230 g/mol. The van der Waals surface area contributed by atoms with Crippen LogP contribution in [0.1, 0.15) is 6.92 Å². The third-order valence-corrected chi connectivity index (χ3v) is 4.95. The second-order valence-corrected chi connectivity index (χ2v) is 5.96. The van der Waals surface area contributed by atoms with Crippen molar-refractivity contribution in [2.45, 2.75) is 18.8 Å². The summed E-state index contributed by atoms with van der Waals surface area (Å²) in [6.07, 6.45) is 0. The number of hydrogen-bond donors (Lipinski definition) is 0. The molecule has 0 aliphatic heterocycles. The van der Waals surface area contributed by atoms with E-state index in [1.165, 1.54) is 6.92 Å². The van der Waals surface area contributed by atoms with E-state index >= 15 is 0 Å². The van der Waals surface area contributed by atoms with Gasteiger partial charge in [0.2, 0.25) is 0 Å². The van der Waals surface area contributed by atoms with Gasteiger partial charge in [0.05, 0.1) is 0 Å². The van der Waals surface area contributed by atoms with Crippen LogP contribution in [0.5, 0.6) is 0 Å². The van der Waals surface area contributed by atoms with E-state index in [0.29, 0.717) is 0 Å². The largest absolute Gasteiger partial charge is 0.423 e. The van der Waals surface area contributed by atoms with Gasteiger partial charge >= 0.3 is 11.8 Å². The topological polar surface area (TPSA) is 0 Å². The number of alkyl halides is 6. The van der Waals surface area contributed by atoms with E-state index < -0.39 is 19.0 Å². The van der Waals surface area contributed by atoms with E-state index in [9.17, 15) is 26.3 Å². The Kier molecular flexibility index (Phi) is 4.17. The van der Waals surface area contributed by atoms with Crippen molar-refractivity contribution in [2.75, 3.05) is 5.75 Å². The lowest BCUT2D eigenvalue weighted by molar-refractivity contribution is -0.0793. The molecule has 0 fully saturated rings. The second kappa shape index (κ2) is 4.05. The first kappa shape index (κ1) is 12.4. The summed E-state index contributed by atoms with van der Waals surface area (Å²) in [7, 11) is -3.93. The number of halogens is 6. The Labute approximate surface area is 70.2 Å². The Morgan fingerprint density at radius 3 is 1.42 bits per heavy atom. The minimum Gasteiger partial charge on any atom is -0.166 e. The molecule has 0 aromatic rings. The predicted octanol–water partition coefficient (Wildman–Crippen LogP) is 4.18. The van der Waals surface area contributed by atoms with Gasteiger partial charge in [0.25, 0.3) is 0 Å². The van der Waals surface area contributed by atoms with Crippen LogP contribution in [0.25, 0.3) is 0 Å². The van der Waals surface area contributed by atoms with Crippen molar-refractivity contribution in [2.24, 2.45) is 0 Å². The fourth-order valence-electron chi connectivity index (χ4n) is 0.419. The Bertz CT molecular complexity index is 125. The summed E-state index contributed by atoms with van der Waals surface area (Å²) in [6.45, 7) is 1.26. The molecule has 0 nitrogen and oxygen atoms in total. The third kappa shape index (κ3) is 3.85. The molecule has 0 aliphatic carbocycles. The Morgan fingerprint density at radius 1 is 1.00 bits per heavy atom. The van der Waals surface area contributed by atoms with Crippen LogP contribution in [0.4, 0.5) is 26.3 Å². The Balaban J connectivity index is 4.45. The van der Waals surface area contributed by atoms with Gasteiger partial charge in [-0.3, -0.25) is 0 Å². The SMILES string of the molecule is CCSP(C(F)(F)F)C(F)(F)F. The lowest BCUT2D eigenvalue weighted by atomic mass is 11.0. The van der Waals surface area contributed by atoms with Gasteiger partial charge < -0.3 is 0 Å². The van der Waals surface area contributed by atoms with Crippen LogP contribution in [-0.4, -0.2) is 17.6 Å². The van der Waals surface area contributed by atoms with Crippen LogP contribution in [-0.2, 0) is 0 Å². The Morgan fingerprint density at radius 2 is 1.33 bits per heavy atom. The maximum absolute atomic E-state index is 11.7. The van der Waals surface area contributed by atoms with E-state index in [1.807, 2.05) is 0 Å². The summed E-state index contributed by atoms with van der Waals surface area (Å²) < 4.78 is 70.1. The number of hydrogen-bond acceptors (Lipinski definition) is 1. The molecular formula is C4H5F6PS. The van der Waals surface area contributed by atoms with Gasteiger partial charge in [-0.1, -0.05) is 6.92 Å². The molecule has 0 N–H and O–H groups in total. The molecular weight excluding hydrogens is 225 g/mol. The highest BCUT2D eigenvalue weighted by Crippen LogP contribution is 2.71. The zero-order valence-electron chi connectivity index (χ0n) is 5.83. The molecule has 0 atom stereocenters. The molecule has 0 aliphatic rings. The molecule has 0 spiro atoms. The first-order valence-corrected chi connectivity index (χ1v) is 5.69. The van der Waals surface area contributed by atoms with Crippen LogP contribution in [0.15, 0.2) is 0 Å². The van der Waals surface area contributed by atoms with E-state index in [1.54, 1.807) is 0 Å². The van der Waals surface area contributed by atoms with Crippen molar-refractivity contribution >= 4 is 18.5 Å². The van der Waals surface area contributed by atoms with Gasteiger partial charge in [-0.25, -0.2) is 0 Å². The van der Waals surface area contributed by atoms with E-state index in [-0.39, 0.29) is 17.1 Å². The molecule has 0 amide bonds. The summed E-state index contributed by atoms with van der Waals surface area (Å²) >= 11 is -0.0949. The summed E-state index contributed by atoms with van der Waals surface area (Å²) in [5.41, 5.74) is 0. The van der Waals surface area contributed by atoms with Gasteiger partial charge in [-0.2, -0.15) is 26.3 Å². The van der Waals surface area contributed by atoms with Crippen LogP contribution < -0.4 is 0 Å². The zero-order valence-corrected chi connectivity index (χ0v) is 7.54. The highest BCUT2D eigenvalue weighted by atomic mass is 32.7. The molecule has 0 heterocycles. The normalized spacial score (nSPS) is 14.0. The van der Waals surface area contributed by atoms with Crippen molar-refractivity contribution in [3.05, 3.63) is 0 Å². The quantitative estimate of drug-likeness (QED) is 0.506. The standard InChI is InChI=1S/C4H5F6PS/c1-2-12-11(3(5,6)7)4(8,9)10/h2H2,1H3. The fourth-order valence-corrected chi connectivity index (χ4v) is 2.91. The average Bonchev–Trinajstić information content (AvgIpc) is 1.77. The molecule has 12 heavy (non-hydrogen) atoms. The molecule has 0 bridgehead atoms. The first-order chi connectivity index (χ1) is 5.19.